The van der Waals surface area contributed by atoms with E-state index in [0.29, 0.717) is 12.0 Å². The second-order valence-electron chi connectivity index (χ2n) is 7.90. The van der Waals surface area contributed by atoms with E-state index in [-0.39, 0.29) is 5.97 Å². The van der Waals surface area contributed by atoms with Crippen LogP contribution in [0.3, 0.4) is 0 Å². The van der Waals surface area contributed by atoms with E-state index < -0.39 is 22.6 Å². The van der Waals surface area contributed by atoms with E-state index in [1.165, 1.54) is 25.7 Å². The van der Waals surface area contributed by atoms with E-state index in [4.69, 9.17) is 13.3 Å². The molecule has 0 aliphatic heterocycles. The lowest BCUT2D eigenvalue weighted by Gasteiger charge is -2.39. The molecule has 0 saturated carbocycles. The van der Waals surface area contributed by atoms with Gasteiger partial charge in [0.25, 0.3) is 14.3 Å². The van der Waals surface area contributed by atoms with Crippen LogP contribution in [-0.4, -0.2) is 37.8 Å². The highest BCUT2D eigenvalue weighted by Gasteiger charge is 2.50. The van der Waals surface area contributed by atoms with Crippen molar-refractivity contribution in [1.29, 1.82) is 0 Å². The van der Waals surface area contributed by atoms with Gasteiger partial charge in [-0.25, -0.2) is 0 Å². The molecule has 4 nitrogen and oxygen atoms in total. The Morgan fingerprint density at radius 1 is 0.962 bits per heavy atom. The highest BCUT2D eigenvalue weighted by Crippen LogP contribution is 2.41. The number of unbranched alkanes of at least 4 members (excludes halogenated alkanes) is 4. The van der Waals surface area contributed by atoms with Crippen LogP contribution in [0, 0.1) is 0 Å². The Bertz CT molecular complexity index is 376. The molecule has 0 fully saturated rings. The van der Waals surface area contributed by atoms with E-state index in [1.54, 1.807) is 14.2 Å². The van der Waals surface area contributed by atoms with Gasteiger partial charge in [-0.15, -0.1) is 0 Å². The van der Waals surface area contributed by atoms with Gasteiger partial charge in [-0.05, 0) is 31.0 Å². The molecule has 26 heavy (non-hydrogen) atoms. The number of carbonyl (C=O) groups is 1. The molecule has 1 radical (unpaired) electrons. The quantitative estimate of drug-likeness (QED) is 0.240. The van der Waals surface area contributed by atoms with Crippen molar-refractivity contribution in [2.75, 3.05) is 14.2 Å². The van der Waals surface area contributed by atoms with Crippen LogP contribution in [-0.2, 0) is 18.1 Å². The monoisotopic (exact) mass is 403 g/mol. The summed E-state index contributed by atoms with van der Waals surface area (Å²) < 4.78 is 17.6. The maximum atomic E-state index is 13.3. The van der Waals surface area contributed by atoms with Crippen LogP contribution in [0.2, 0.25) is 22.7 Å². The standard InChI is InChI=1S/C20H43O4Si2/c1-9-12-14-16-26(18(4)5,17-15-13-10-2)24-19(21)20(6,11-3)25(22-7)23-8/h18H,9-17H2,1-8H3. The summed E-state index contributed by atoms with van der Waals surface area (Å²) in [5, 5.41) is -0.670. The molecule has 1 atom stereocenters. The summed E-state index contributed by atoms with van der Waals surface area (Å²) in [7, 11) is -0.594. The molecule has 1 unspecified atom stereocenters. The third-order valence-corrected chi connectivity index (χ3v) is 13.0. The van der Waals surface area contributed by atoms with E-state index in [2.05, 4.69) is 27.7 Å². The highest BCUT2D eigenvalue weighted by molar-refractivity contribution is 6.77. The second-order valence-corrected chi connectivity index (χ2v) is 14.9. The fourth-order valence-electron chi connectivity index (χ4n) is 3.47. The van der Waals surface area contributed by atoms with Crippen molar-refractivity contribution < 1.29 is 18.1 Å². The van der Waals surface area contributed by atoms with Crippen molar-refractivity contribution in [3.8, 4) is 0 Å². The molecule has 0 rings (SSSR count). The van der Waals surface area contributed by atoms with Gasteiger partial charge in [0.2, 0.25) is 0 Å². The van der Waals surface area contributed by atoms with Crippen molar-refractivity contribution in [1.82, 2.24) is 0 Å². The molecule has 0 saturated heterocycles. The lowest BCUT2D eigenvalue weighted by Crippen LogP contribution is -2.49. The Hall–Kier alpha value is -0.176. The Labute approximate surface area is 165 Å². The van der Waals surface area contributed by atoms with Crippen LogP contribution in [0.25, 0.3) is 0 Å². The molecule has 6 heteroatoms. The molecule has 0 aromatic heterocycles. The van der Waals surface area contributed by atoms with Crippen LogP contribution in [0.1, 0.15) is 86.5 Å². The highest BCUT2D eigenvalue weighted by atomic mass is 28.4. The number of carbonyl (C=O) groups excluding carboxylic acids is 1. The Morgan fingerprint density at radius 3 is 1.73 bits per heavy atom. The molecule has 0 aromatic carbocycles. The third kappa shape index (κ3) is 7.09. The zero-order valence-corrected chi connectivity index (χ0v) is 20.6. The summed E-state index contributed by atoms with van der Waals surface area (Å²) in [5.74, 6) is -0.0917. The molecule has 0 spiro atoms. The minimum absolute atomic E-state index is 0.0917. The Balaban J connectivity index is 5.53. The molecular weight excluding hydrogens is 360 g/mol. The summed E-state index contributed by atoms with van der Waals surface area (Å²) in [5.41, 5.74) is 0.432. The SMILES string of the molecule is CCCCC[Si](CCCCC)(OC(=O)C(C)(CC)[Si](OC)OC)C(C)C. The molecule has 0 heterocycles. The van der Waals surface area contributed by atoms with E-state index in [0.717, 1.165) is 24.9 Å². The van der Waals surface area contributed by atoms with Gasteiger partial charge in [-0.3, -0.25) is 4.79 Å². The van der Waals surface area contributed by atoms with Gasteiger partial charge in [0.1, 0.15) is 5.04 Å². The zero-order valence-electron chi connectivity index (χ0n) is 18.6. The van der Waals surface area contributed by atoms with Crippen molar-refractivity contribution in [3.63, 3.8) is 0 Å². The largest absolute Gasteiger partial charge is 0.518 e. The van der Waals surface area contributed by atoms with Gasteiger partial charge < -0.3 is 13.3 Å². The van der Waals surface area contributed by atoms with Gasteiger partial charge in [-0.2, -0.15) is 0 Å². The molecule has 0 aliphatic carbocycles. The predicted octanol–water partition coefficient (Wildman–Crippen LogP) is 6.22. The smallest absolute Gasteiger partial charge is 0.402 e. The van der Waals surface area contributed by atoms with E-state index >= 15 is 0 Å². The Kier molecular flexibility index (Phi) is 13.0. The Morgan fingerprint density at radius 2 is 1.42 bits per heavy atom. The topological polar surface area (TPSA) is 44.8 Å². The molecule has 0 N–H and O–H groups in total. The van der Waals surface area contributed by atoms with Crippen molar-refractivity contribution in [2.24, 2.45) is 0 Å². The van der Waals surface area contributed by atoms with Crippen LogP contribution in [0.15, 0.2) is 0 Å². The van der Waals surface area contributed by atoms with Gasteiger partial charge >= 0.3 is 9.28 Å². The van der Waals surface area contributed by atoms with Crippen molar-refractivity contribution in [2.45, 2.75) is 109 Å². The molecule has 0 bridgehead atoms. The molecule has 0 aromatic rings. The minimum Gasteiger partial charge on any atom is -0.518 e. The number of rotatable bonds is 15. The first-order valence-electron chi connectivity index (χ1n) is 10.5. The van der Waals surface area contributed by atoms with Crippen molar-refractivity contribution >= 4 is 23.6 Å². The minimum atomic E-state index is -2.15. The third-order valence-electron chi connectivity index (χ3n) is 5.73. The van der Waals surface area contributed by atoms with E-state index in [1.807, 2.05) is 13.8 Å². The average molecular weight is 404 g/mol. The normalized spacial score (nSPS) is 14.7. The molecule has 0 aliphatic rings. The number of hydrogen-bond acceptors (Lipinski definition) is 4. The van der Waals surface area contributed by atoms with Crippen LogP contribution in [0.5, 0.6) is 0 Å². The summed E-state index contributed by atoms with van der Waals surface area (Å²) in [6, 6.07) is 2.16. The summed E-state index contributed by atoms with van der Waals surface area (Å²) in [6.07, 6.45) is 7.81. The summed E-state index contributed by atoms with van der Waals surface area (Å²) in [4.78, 5) is 13.3. The first kappa shape index (κ1) is 25.8. The predicted molar refractivity (Wildman–Crippen MR) is 114 cm³/mol. The van der Waals surface area contributed by atoms with Crippen molar-refractivity contribution in [3.05, 3.63) is 0 Å². The zero-order chi connectivity index (χ0) is 20.2. The summed E-state index contributed by atoms with van der Waals surface area (Å²) >= 11 is 0. The van der Waals surface area contributed by atoms with Gasteiger partial charge in [0.15, 0.2) is 0 Å². The molecule has 155 valence electrons. The lowest BCUT2D eigenvalue weighted by molar-refractivity contribution is -0.139. The first-order valence-corrected chi connectivity index (χ1v) is 14.2. The maximum absolute atomic E-state index is 13.3. The van der Waals surface area contributed by atoms with Gasteiger partial charge in [-0.1, -0.05) is 73.1 Å². The summed E-state index contributed by atoms with van der Waals surface area (Å²) in [6.45, 7) is 12.9. The van der Waals surface area contributed by atoms with Crippen LogP contribution >= 0.6 is 0 Å². The molecule has 0 amide bonds. The average Bonchev–Trinajstić information content (AvgIpc) is 2.62. The second kappa shape index (κ2) is 13.1. The fourth-order valence-corrected chi connectivity index (χ4v) is 9.29. The van der Waals surface area contributed by atoms with E-state index in [9.17, 15) is 4.79 Å². The van der Waals surface area contributed by atoms with Crippen LogP contribution < -0.4 is 0 Å². The first-order chi connectivity index (χ1) is 12.3. The van der Waals surface area contributed by atoms with Gasteiger partial charge in [0, 0.05) is 14.2 Å². The number of hydrogen-bond donors (Lipinski definition) is 0. The molecular formula is C20H43O4Si2. The van der Waals surface area contributed by atoms with Crippen LogP contribution in [0.4, 0.5) is 0 Å². The lowest BCUT2D eigenvalue weighted by atomic mass is 10.1. The fraction of sp³-hybridized carbons (Fsp3) is 0.950. The maximum Gasteiger partial charge on any atom is 0.402 e. The van der Waals surface area contributed by atoms with Gasteiger partial charge in [0.05, 0.1) is 0 Å².